The summed E-state index contributed by atoms with van der Waals surface area (Å²) in [6.07, 6.45) is 4.81. The summed E-state index contributed by atoms with van der Waals surface area (Å²) >= 11 is 0. The lowest BCUT2D eigenvalue weighted by Gasteiger charge is -2.46. The number of likely N-dealkylation sites (tertiary alicyclic amines) is 1. The van der Waals surface area contributed by atoms with Gasteiger partial charge in [-0.15, -0.1) is 0 Å². The molecule has 106 valence electrons. The summed E-state index contributed by atoms with van der Waals surface area (Å²) < 4.78 is 5.96. The fraction of sp³-hybridized carbons (Fsp3) is 1.00. The molecular formula is C15H30N2O. The second-order valence-corrected chi connectivity index (χ2v) is 6.56. The van der Waals surface area contributed by atoms with Crippen LogP contribution in [0.25, 0.3) is 0 Å². The summed E-state index contributed by atoms with van der Waals surface area (Å²) in [5.41, 5.74) is 6.01. The molecule has 0 aromatic heterocycles. The number of nitrogens with two attached hydrogens (primary N) is 1. The van der Waals surface area contributed by atoms with Crippen molar-refractivity contribution < 1.29 is 4.74 Å². The zero-order valence-electron chi connectivity index (χ0n) is 12.3. The molecule has 4 atom stereocenters. The minimum absolute atomic E-state index is 0.101. The van der Waals surface area contributed by atoms with Crippen molar-refractivity contribution in [3.63, 3.8) is 0 Å². The number of ether oxygens (including phenoxy) is 1. The molecule has 0 bridgehead atoms. The van der Waals surface area contributed by atoms with Gasteiger partial charge in [-0.2, -0.15) is 0 Å². The first-order chi connectivity index (χ1) is 8.58. The molecule has 18 heavy (non-hydrogen) atoms. The minimum Gasteiger partial charge on any atom is -0.375 e. The van der Waals surface area contributed by atoms with Gasteiger partial charge in [-0.3, -0.25) is 4.90 Å². The highest BCUT2D eigenvalue weighted by Gasteiger charge is 2.37. The number of rotatable bonds is 3. The van der Waals surface area contributed by atoms with Crippen LogP contribution >= 0.6 is 0 Å². The van der Waals surface area contributed by atoms with E-state index >= 15 is 0 Å². The van der Waals surface area contributed by atoms with Gasteiger partial charge in [0.1, 0.15) is 0 Å². The molecule has 0 saturated carbocycles. The maximum atomic E-state index is 5.96. The molecule has 0 spiro atoms. The maximum Gasteiger partial charge on any atom is 0.0666 e. The van der Waals surface area contributed by atoms with Gasteiger partial charge in [0.15, 0.2) is 0 Å². The predicted octanol–water partition coefficient (Wildman–Crippen LogP) is 2.25. The molecule has 3 nitrogen and oxygen atoms in total. The van der Waals surface area contributed by atoms with Gasteiger partial charge in [0.2, 0.25) is 0 Å². The smallest absolute Gasteiger partial charge is 0.0666 e. The third-order valence-electron chi connectivity index (χ3n) is 5.28. The Balaban J connectivity index is 1.95. The summed E-state index contributed by atoms with van der Waals surface area (Å²) in [4.78, 5) is 2.69. The van der Waals surface area contributed by atoms with E-state index in [0.717, 1.165) is 25.5 Å². The van der Waals surface area contributed by atoms with E-state index in [1.807, 2.05) is 0 Å². The average Bonchev–Trinajstić information content (AvgIpc) is 2.39. The predicted molar refractivity (Wildman–Crippen MR) is 75.6 cm³/mol. The Kier molecular flexibility index (Phi) is 4.68. The van der Waals surface area contributed by atoms with Gasteiger partial charge < -0.3 is 10.5 Å². The van der Waals surface area contributed by atoms with Gasteiger partial charge in [-0.1, -0.05) is 13.8 Å². The fourth-order valence-corrected chi connectivity index (χ4v) is 3.47. The molecule has 2 saturated heterocycles. The first-order valence-electron chi connectivity index (χ1n) is 7.66. The van der Waals surface area contributed by atoms with Crippen molar-refractivity contribution in [1.29, 1.82) is 0 Å². The van der Waals surface area contributed by atoms with Gasteiger partial charge in [-0.25, -0.2) is 0 Å². The molecule has 4 unspecified atom stereocenters. The third-order valence-corrected chi connectivity index (χ3v) is 5.28. The lowest BCUT2D eigenvalue weighted by molar-refractivity contribution is -0.102. The van der Waals surface area contributed by atoms with Crippen molar-refractivity contribution in [2.24, 2.45) is 17.6 Å². The number of piperidine rings is 1. The van der Waals surface area contributed by atoms with Crippen molar-refractivity contribution in [1.82, 2.24) is 4.90 Å². The largest absolute Gasteiger partial charge is 0.375 e. The van der Waals surface area contributed by atoms with E-state index in [1.165, 1.54) is 32.4 Å². The molecule has 0 aliphatic carbocycles. The van der Waals surface area contributed by atoms with E-state index in [0.29, 0.717) is 12.0 Å². The molecule has 2 heterocycles. The second kappa shape index (κ2) is 5.89. The topological polar surface area (TPSA) is 38.5 Å². The molecule has 0 radical (unpaired) electrons. The lowest BCUT2D eigenvalue weighted by atomic mass is 9.83. The van der Waals surface area contributed by atoms with Crippen LogP contribution < -0.4 is 5.73 Å². The molecule has 3 heteroatoms. The third kappa shape index (κ3) is 3.06. The van der Waals surface area contributed by atoms with Crippen LogP contribution in [0.15, 0.2) is 0 Å². The molecular weight excluding hydrogens is 224 g/mol. The van der Waals surface area contributed by atoms with E-state index in [2.05, 4.69) is 25.7 Å². The number of nitrogens with zero attached hydrogens (tertiary/aromatic N) is 1. The average molecular weight is 254 g/mol. The number of hydrogen-bond donors (Lipinski definition) is 1. The molecule has 2 aliphatic heterocycles. The van der Waals surface area contributed by atoms with E-state index in [9.17, 15) is 0 Å². The van der Waals surface area contributed by atoms with Gasteiger partial charge >= 0.3 is 0 Å². The van der Waals surface area contributed by atoms with E-state index in [4.69, 9.17) is 10.5 Å². The zero-order chi connectivity index (χ0) is 13.2. The van der Waals surface area contributed by atoms with Crippen molar-refractivity contribution in [3.8, 4) is 0 Å². The molecule has 2 fully saturated rings. The summed E-state index contributed by atoms with van der Waals surface area (Å²) in [7, 11) is 0. The molecule has 2 rings (SSSR count). The molecule has 2 aliphatic rings. The summed E-state index contributed by atoms with van der Waals surface area (Å²) in [5.74, 6) is 1.48. The Morgan fingerprint density at radius 3 is 2.83 bits per heavy atom. The summed E-state index contributed by atoms with van der Waals surface area (Å²) in [6.45, 7) is 11.1. The highest BCUT2D eigenvalue weighted by Crippen LogP contribution is 2.33. The van der Waals surface area contributed by atoms with Crippen LogP contribution in [-0.4, -0.2) is 42.8 Å². The first kappa shape index (κ1) is 14.3. The Labute approximate surface area is 112 Å². The first-order valence-corrected chi connectivity index (χ1v) is 7.66. The van der Waals surface area contributed by atoms with Crippen molar-refractivity contribution in [3.05, 3.63) is 0 Å². The van der Waals surface area contributed by atoms with Crippen molar-refractivity contribution >= 4 is 0 Å². The van der Waals surface area contributed by atoms with Crippen LogP contribution in [0.5, 0.6) is 0 Å². The minimum atomic E-state index is 0.101. The normalized spacial score (nSPS) is 43.0. The van der Waals surface area contributed by atoms with Crippen LogP contribution in [0.4, 0.5) is 0 Å². The van der Waals surface area contributed by atoms with Crippen LogP contribution in [0.2, 0.25) is 0 Å². The van der Waals surface area contributed by atoms with E-state index < -0.39 is 0 Å². The Hall–Kier alpha value is -0.120. The molecule has 0 aromatic carbocycles. The van der Waals surface area contributed by atoms with Crippen LogP contribution in [0.1, 0.15) is 46.5 Å². The second-order valence-electron chi connectivity index (χ2n) is 6.56. The van der Waals surface area contributed by atoms with Crippen LogP contribution in [-0.2, 0) is 4.74 Å². The number of hydrogen-bond acceptors (Lipinski definition) is 3. The highest BCUT2D eigenvalue weighted by atomic mass is 16.5. The lowest BCUT2D eigenvalue weighted by Crippen LogP contribution is -2.52. The molecule has 0 aromatic rings. The van der Waals surface area contributed by atoms with Gasteiger partial charge in [0.05, 0.1) is 5.60 Å². The van der Waals surface area contributed by atoms with Crippen LogP contribution in [0.3, 0.4) is 0 Å². The van der Waals surface area contributed by atoms with E-state index in [1.54, 1.807) is 0 Å². The maximum absolute atomic E-state index is 5.96. The van der Waals surface area contributed by atoms with E-state index in [-0.39, 0.29) is 5.60 Å². The zero-order valence-corrected chi connectivity index (χ0v) is 12.3. The van der Waals surface area contributed by atoms with Gasteiger partial charge in [0, 0.05) is 19.2 Å². The Morgan fingerprint density at radius 2 is 2.17 bits per heavy atom. The standard InChI is InChI=1S/C15H30N2O/c1-4-15(3)9-14(6-8-18-15)17-7-5-12(2)13(10-16)11-17/h12-14H,4-11,16H2,1-3H3. The van der Waals surface area contributed by atoms with Crippen LogP contribution in [0, 0.1) is 11.8 Å². The van der Waals surface area contributed by atoms with Gasteiger partial charge in [0.25, 0.3) is 0 Å². The molecule has 0 amide bonds. The molecule has 2 N–H and O–H groups in total. The monoisotopic (exact) mass is 254 g/mol. The fourth-order valence-electron chi connectivity index (χ4n) is 3.47. The quantitative estimate of drug-likeness (QED) is 0.839. The van der Waals surface area contributed by atoms with Crippen molar-refractivity contribution in [2.45, 2.75) is 58.1 Å². The van der Waals surface area contributed by atoms with Crippen molar-refractivity contribution in [2.75, 3.05) is 26.2 Å². The summed E-state index contributed by atoms with van der Waals surface area (Å²) in [5, 5.41) is 0. The summed E-state index contributed by atoms with van der Waals surface area (Å²) in [6, 6.07) is 0.713. The Morgan fingerprint density at radius 1 is 1.39 bits per heavy atom. The SMILES string of the molecule is CCC1(C)CC(N2CCC(C)C(CN)C2)CCO1. The Bertz CT molecular complexity index is 271. The van der Waals surface area contributed by atoms with Gasteiger partial charge in [-0.05, 0) is 57.5 Å². The highest BCUT2D eigenvalue weighted by molar-refractivity contribution is 4.90.